The highest BCUT2D eigenvalue weighted by molar-refractivity contribution is 5.97. The number of carboxylic acid groups (broad SMARTS) is 1. The zero-order valence-corrected chi connectivity index (χ0v) is 29.9. The predicted octanol–water partition coefficient (Wildman–Crippen LogP) is 3.45. The first-order valence-electron chi connectivity index (χ1n) is 19.3. The Labute approximate surface area is 308 Å². The number of likely N-dealkylation sites (tertiary alicyclic amines) is 5. The van der Waals surface area contributed by atoms with Crippen LogP contribution in [0.3, 0.4) is 0 Å². The number of amides is 5. The van der Waals surface area contributed by atoms with Gasteiger partial charge < -0.3 is 29.4 Å². The van der Waals surface area contributed by atoms with Crippen molar-refractivity contribution in [3.8, 4) is 11.1 Å². The maximum Gasteiger partial charge on any atom is 0.410 e. The molecule has 2 aromatic carbocycles. The SMILES string of the molecule is O=C(O)[C@@H]1CCCN1C(=O)[C@@H]1CCCN1C(=O)[C@@H]1CCCN1C(=O)[C@H]1CCCN1C(=O)[C@H]1CCCN1C(=O)OCC1c2ccccc2-c2ccccc21. The molecule has 280 valence electrons. The maximum absolute atomic E-state index is 14.2. The Bertz CT molecular complexity index is 1770. The van der Waals surface area contributed by atoms with E-state index in [2.05, 4.69) is 24.3 Å². The highest BCUT2D eigenvalue weighted by Crippen LogP contribution is 2.44. The highest BCUT2D eigenvalue weighted by atomic mass is 16.6. The van der Waals surface area contributed by atoms with Crippen molar-refractivity contribution < 1.29 is 38.6 Å². The summed E-state index contributed by atoms with van der Waals surface area (Å²) in [5, 5.41) is 9.65. The number of rotatable bonds is 7. The number of aliphatic carboxylic acids is 1. The Kier molecular flexibility index (Phi) is 9.59. The minimum atomic E-state index is -1.03. The number of hydrogen-bond acceptors (Lipinski definition) is 7. The summed E-state index contributed by atoms with van der Waals surface area (Å²) in [7, 11) is 0. The molecule has 5 heterocycles. The summed E-state index contributed by atoms with van der Waals surface area (Å²) in [6.07, 6.45) is 4.87. The minimum absolute atomic E-state index is 0.101. The number of nitrogens with zero attached hydrogens (tertiary/aromatic N) is 5. The van der Waals surface area contributed by atoms with Crippen LogP contribution in [0.2, 0.25) is 0 Å². The summed E-state index contributed by atoms with van der Waals surface area (Å²) >= 11 is 0. The molecule has 0 unspecified atom stereocenters. The Morgan fingerprint density at radius 2 is 0.849 bits per heavy atom. The molecule has 0 spiro atoms. The molecule has 2 aromatic rings. The molecule has 0 aromatic heterocycles. The van der Waals surface area contributed by atoms with Gasteiger partial charge >= 0.3 is 12.1 Å². The summed E-state index contributed by atoms with van der Waals surface area (Å²) in [4.78, 5) is 89.0. The fourth-order valence-electron chi connectivity index (χ4n) is 9.83. The van der Waals surface area contributed by atoms with E-state index in [4.69, 9.17) is 4.74 Å². The van der Waals surface area contributed by atoms with Crippen LogP contribution in [-0.4, -0.2) is 135 Å². The molecule has 5 fully saturated rings. The van der Waals surface area contributed by atoms with Crippen molar-refractivity contribution in [2.75, 3.05) is 39.3 Å². The second-order valence-electron chi connectivity index (χ2n) is 15.3. The standard InChI is InChI=1S/C40H47N5O8/c46-35(42-20-7-16-32(42)37(48)44-22-9-18-34(44)39(50)51)30-14-5-19-41(30)36(47)31-15-6-21-43(31)38(49)33-17-8-23-45(33)40(52)53-24-29-27-12-3-1-10-25(27)26-11-2-4-13-28(26)29/h1-4,10-13,29-34H,5-9,14-24H2,(H,50,51)/t30-,31+,32-,33+,34-/m0/s1. The van der Waals surface area contributed by atoms with Crippen LogP contribution in [0.5, 0.6) is 0 Å². The molecular weight excluding hydrogens is 678 g/mol. The number of benzene rings is 2. The molecule has 0 radical (unpaired) electrons. The van der Waals surface area contributed by atoms with Crippen molar-refractivity contribution in [3.63, 3.8) is 0 Å². The molecule has 13 nitrogen and oxygen atoms in total. The molecule has 0 saturated carbocycles. The topological polar surface area (TPSA) is 148 Å². The second kappa shape index (κ2) is 14.5. The van der Waals surface area contributed by atoms with E-state index in [0.29, 0.717) is 96.9 Å². The van der Waals surface area contributed by atoms with Gasteiger partial charge in [0.25, 0.3) is 0 Å². The fourth-order valence-corrected chi connectivity index (χ4v) is 9.83. The minimum Gasteiger partial charge on any atom is -0.480 e. The van der Waals surface area contributed by atoms with E-state index in [-0.39, 0.29) is 36.2 Å². The Morgan fingerprint density at radius 1 is 0.509 bits per heavy atom. The van der Waals surface area contributed by atoms with Crippen molar-refractivity contribution in [3.05, 3.63) is 59.7 Å². The van der Waals surface area contributed by atoms with E-state index in [0.717, 1.165) is 22.3 Å². The average molecular weight is 726 g/mol. The molecule has 5 atom stereocenters. The summed E-state index contributed by atoms with van der Waals surface area (Å²) in [6, 6.07) is 12.4. The number of ether oxygens (including phenoxy) is 1. The van der Waals surface area contributed by atoms with Crippen molar-refractivity contribution in [2.45, 2.75) is 100 Å². The smallest absolute Gasteiger partial charge is 0.410 e. The maximum atomic E-state index is 14.2. The van der Waals surface area contributed by atoms with Crippen molar-refractivity contribution in [1.82, 2.24) is 24.5 Å². The number of carbonyl (C=O) groups is 6. The molecule has 1 N–H and O–H groups in total. The van der Waals surface area contributed by atoms with Crippen molar-refractivity contribution >= 4 is 35.7 Å². The van der Waals surface area contributed by atoms with Gasteiger partial charge in [0.1, 0.15) is 36.8 Å². The van der Waals surface area contributed by atoms with Crippen LogP contribution in [-0.2, 0) is 28.7 Å². The van der Waals surface area contributed by atoms with Crippen molar-refractivity contribution in [1.29, 1.82) is 0 Å². The van der Waals surface area contributed by atoms with Gasteiger partial charge in [-0.25, -0.2) is 9.59 Å². The van der Waals surface area contributed by atoms with Gasteiger partial charge in [0, 0.05) is 38.6 Å². The van der Waals surface area contributed by atoms with Crippen LogP contribution in [0, 0.1) is 0 Å². The Hall–Kier alpha value is -4.94. The van der Waals surface area contributed by atoms with Gasteiger partial charge in [0.2, 0.25) is 23.6 Å². The van der Waals surface area contributed by atoms with E-state index < -0.39 is 42.3 Å². The Balaban J connectivity index is 0.918. The summed E-state index contributed by atoms with van der Waals surface area (Å²) in [5.74, 6) is -2.29. The summed E-state index contributed by atoms with van der Waals surface area (Å²) < 4.78 is 5.93. The largest absolute Gasteiger partial charge is 0.480 e. The van der Waals surface area contributed by atoms with Crippen LogP contribution in [0.25, 0.3) is 11.1 Å². The van der Waals surface area contributed by atoms with Gasteiger partial charge in [-0.3, -0.25) is 24.1 Å². The lowest BCUT2D eigenvalue weighted by molar-refractivity contribution is -0.154. The van der Waals surface area contributed by atoms with Crippen molar-refractivity contribution in [2.24, 2.45) is 0 Å². The molecule has 5 saturated heterocycles. The highest BCUT2D eigenvalue weighted by Gasteiger charge is 2.49. The van der Waals surface area contributed by atoms with Crippen LogP contribution in [0.15, 0.2) is 48.5 Å². The summed E-state index contributed by atoms with van der Waals surface area (Å²) in [6.45, 7) is 2.04. The monoisotopic (exact) mass is 725 g/mol. The lowest BCUT2D eigenvalue weighted by atomic mass is 9.98. The van der Waals surface area contributed by atoms with E-state index in [1.165, 1.54) is 9.80 Å². The molecular formula is C40H47N5O8. The third-order valence-corrected chi connectivity index (χ3v) is 12.4. The van der Waals surface area contributed by atoms with E-state index in [9.17, 15) is 33.9 Å². The first-order chi connectivity index (χ1) is 25.7. The van der Waals surface area contributed by atoms with Crippen LogP contribution in [0.1, 0.15) is 81.3 Å². The van der Waals surface area contributed by atoms with E-state index >= 15 is 0 Å². The third-order valence-electron chi connectivity index (χ3n) is 12.4. The van der Waals surface area contributed by atoms with Crippen LogP contribution >= 0.6 is 0 Å². The molecule has 5 amide bonds. The second-order valence-corrected chi connectivity index (χ2v) is 15.3. The first-order valence-corrected chi connectivity index (χ1v) is 19.3. The molecule has 1 aliphatic carbocycles. The van der Waals surface area contributed by atoms with Gasteiger partial charge in [0.05, 0.1) is 0 Å². The third kappa shape index (κ3) is 6.21. The first kappa shape index (κ1) is 35.1. The molecule has 6 aliphatic rings. The van der Waals surface area contributed by atoms with Gasteiger partial charge in [-0.15, -0.1) is 0 Å². The Morgan fingerprint density at radius 3 is 1.26 bits per heavy atom. The lowest BCUT2D eigenvalue weighted by Crippen LogP contribution is -2.57. The lowest BCUT2D eigenvalue weighted by Gasteiger charge is -2.36. The van der Waals surface area contributed by atoms with Gasteiger partial charge in [-0.2, -0.15) is 0 Å². The number of hydrogen-bond donors (Lipinski definition) is 1. The summed E-state index contributed by atoms with van der Waals surface area (Å²) in [5.41, 5.74) is 4.49. The van der Waals surface area contributed by atoms with Crippen LogP contribution in [0.4, 0.5) is 4.79 Å². The number of carboxylic acids is 1. The number of fused-ring (bicyclic) bond motifs is 3. The molecule has 0 bridgehead atoms. The van der Waals surface area contributed by atoms with Gasteiger partial charge in [-0.05, 0) is 86.5 Å². The number of carbonyl (C=O) groups excluding carboxylic acids is 5. The predicted molar refractivity (Wildman–Crippen MR) is 191 cm³/mol. The van der Waals surface area contributed by atoms with Gasteiger partial charge in [-0.1, -0.05) is 48.5 Å². The fraction of sp³-hybridized carbons (Fsp3) is 0.550. The average Bonchev–Trinajstić information content (AvgIpc) is 4.03. The van der Waals surface area contributed by atoms with E-state index in [1.807, 2.05) is 24.3 Å². The molecule has 13 heteroatoms. The van der Waals surface area contributed by atoms with E-state index in [1.54, 1.807) is 14.7 Å². The quantitative estimate of drug-likeness (QED) is 0.457. The normalized spacial score (nSPS) is 26.6. The van der Waals surface area contributed by atoms with Crippen LogP contribution < -0.4 is 0 Å². The molecule has 53 heavy (non-hydrogen) atoms. The molecule has 5 aliphatic heterocycles. The zero-order valence-electron chi connectivity index (χ0n) is 29.9. The zero-order chi connectivity index (χ0) is 36.8. The molecule has 8 rings (SSSR count). The van der Waals surface area contributed by atoms with Gasteiger partial charge in [0.15, 0.2) is 0 Å².